The summed E-state index contributed by atoms with van der Waals surface area (Å²) in [5.74, 6) is -0.295. The molecule has 5 rings (SSSR count). The van der Waals surface area contributed by atoms with Crippen LogP contribution >= 0.6 is 11.6 Å². The standard InChI is InChI=1S/C24H31ClFN5O3/c1-10(2)18-16-19(15-12-8-30(9-13(12)15)23(33)34-24(3,4)5)29-31(14-7-11(14)22(32)27-6)20(16)17(26)21(25)28-18/h10-15H,7-9H2,1-6H3,(H,27,32)/t11-,12-,13+,14?,15?/m1/s1. The topological polar surface area (TPSA) is 89.4 Å². The average molecular weight is 492 g/mol. The van der Waals surface area contributed by atoms with Gasteiger partial charge in [0.25, 0.3) is 0 Å². The fourth-order valence-electron chi connectivity index (χ4n) is 5.44. The lowest BCUT2D eigenvalue weighted by atomic mass is 10.0. The predicted molar refractivity (Wildman–Crippen MR) is 125 cm³/mol. The zero-order chi connectivity index (χ0) is 24.7. The van der Waals surface area contributed by atoms with Crippen molar-refractivity contribution in [3.63, 3.8) is 0 Å². The summed E-state index contributed by atoms with van der Waals surface area (Å²) in [7, 11) is 1.60. The molecule has 3 fully saturated rings. The Kier molecular flexibility index (Phi) is 5.35. The molecule has 0 aromatic carbocycles. The van der Waals surface area contributed by atoms with Crippen molar-refractivity contribution >= 4 is 34.5 Å². The van der Waals surface area contributed by atoms with Crippen LogP contribution in [-0.2, 0) is 9.53 Å². The molecule has 8 nitrogen and oxygen atoms in total. The number of rotatable bonds is 4. The number of carbonyl (C=O) groups excluding carboxylic acids is 2. The summed E-state index contributed by atoms with van der Waals surface area (Å²) in [4.78, 5) is 30.8. The van der Waals surface area contributed by atoms with Gasteiger partial charge < -0.3 is 15.0 Å². The number of piperidine rings is 1. The van der Waals surface area contributed by atoms with Crippen molar-refractivity contribution in [1.29, 1.82) is 0 Å². The minimum Gasteiger partial charge on any atom is -0.444 e. The van der Waals surface area contributed by atoms with Crippen molar-refractivity contribution < 1.29 is 18.7 Å². The molecule has 2 aromatic rings. The van der Waals surface area contributed by atoms with E-state index >= 15 is 4.39 Å². The van der Waals surface area contributed by atoms with Gasteiger partial charge in [-0.3, -0.25) is 9.48 Å². The zero-order valence-corrected chi connectivity index (χ0v) is 21.1. The number of fused-ring (bicyclic) bond motifs is 2. The molecule has 2 aliphatic carbocycles. The normalized spacial score (nSPS) is 27.8. The van der Waals surface area contributed by atoms with E-state index in [1.54, 1.807) is 16.6 Å². The summed E-state index contributed by atoms with van der Waals surface area (Å²) in [6.45, 7) is 10.7. The third-order valence-corrected chi connectivity index (χ3v) is 7.41. The molecule has 34 heavy (non-hydrogen) atoms. The highest BCUT2D eigenvalue weighted by molar-refractivity contribution is 6.30. The molecule has 2 unspecified atom stereocenters. The van der Waals surface area contributed by atoms with E-state index in [9.17, 15) is 9.59 Å². The minimum atomic E-state index is -0.594. The predicted octanol–water partition coefficient (Wildman–Crippen LogP) is 4.23. The Balaban J connectivity index is 1.50. The summed E-state index contributed by atoms with van der Waals surface area (Å²) in [5, 5.41) is 8.11. The van der Waals surface area contributed by atoms with Crippen molar-refractivity contribution in [2.45, 2.75) is 64.5 Å². The second kappa shape index (κ2) is 7.80. The second-order valence-electron chi connectivity index (χ2n) is 11.1. The lowest BCUT2D eigenvalue weighted by Crippen LogP contribution is -2.36. The molecule has 3 heterocycles. The number of nitrogens with zero attached hydrogens (tertiary/aromatic N) is 4. The number of halogens is 2. The van der Waals surface area contributed by atoms with Gasteiger partial charge in [-0.05, 0) is 44.9 Å². The molecule has 10 heteroatoms. The van der Waals surface area contributed by atoms with Crippen LogP contribution in [0.3, 0.4) is 0 Å². The third kappa shape index (κ3) is 3.72. The largest absolute Gasteiger partial charge is 0.444 e. The first-order valence-electron chi connectivity index (χ1n) is 11.9. The van der Waals surface area contributed by atoms with Gasteiger partial charge in [-0.2, -0.15) is 5.10 Å². The highest BCUT2D eigenvalue weighted by atomic mass is 35.5. The molecule has 1 saturated heterocycles. The van der Waals surface area contributed by atoms with Crippen LogP contribution in [0.1, 0.15) is 70.3 Å². The molecule has 1 N–H and O–H groups in total. The Morgan fingerprint density at radius 1 is 1.24 bits per heavy atom. The summed E-state index contributed by atoms with van der Waals surface area (Å²) in [6.07, 6.45) is 0.304. The summed E-state index contributed by atoms with van der Waals surface area (Å²) in [5.41, 5.74) is 1.32. The Morgan fingerprint density at radius 2 is 1.88 bits per heavy atom. The Bertz CT molecular complexity index is 1180. The van der Waals surface area contributed by atoms with E-state index in [4.69, 9.17) is 21.4 Å². The van der Waals surface area contributed by atoms with E-state index in [1.807, 2.05) is 34.6 Å². The van der Waals surface area contributed by atoms with Gasteiger partial charge >= 0.3 is 6.09 Å². The first-order valence-corrected chi connectivity index (χ1v) is 12.3. The molecule has 0 spiro atoms. The molecule has 2 amide bonds. The lowest BCUT2D eigenvalue weighted by Gasteiger charge is -2.25. The van der Waals surface area contributed by atoms with Gasteiger partial charge in [-0.1, -0.05) is 25.4 Å². The van der Waals surface area contributed by atoms with E-state index in [-0.39, 0.29) is 52.8 Å². The fraction of sp³-hybridized carbons (Fsp3) is 0.667. The van der Waals surface area contributed by atoms with Crippen LogP contribution in [0.25, 0.3) is 10.9 Å². The molecular weight excluding hydrogens is 461 g/mol. The molecule has 5 atom stereocenters. The SMILES string of the molecule is CNC(=O)[C@@H]1CC1n1nc(C2[C@H]3CN(C(=O)OC(C)(C)C)C[C@@H]23)c2c(C(C)C)nc(Cl)c(F)c21. The summed E-state index contributed by atoms with van der Waals surface area (Å²) >= 11 is 6.20. The van der Waals surface area contributed by atoms with Crippen LogP contribution in [0.4, 0.5) is 9.18 Å². The first-order chi connectivity index (χ1) is 15.9. The van der Waals surface area contributed by atoms with Gasteiger partial charge in [0, 0.05) is 31.4 Å². The highest BCUT2D eigenvalue weighted by Crippen LogP contribution is 2.60. The van der Waals surface area contributed by atoms with Gasteiger partial charge in [0.15, 0.2) is 11.0 Å². The zero-order valence-electron chi connectivity index (χ0n) is 20.4. The maximum Gasteiger partial charge on any atom is 0.410 e. The number of amides is 2. The average Bonchev–Trinajstić information content (AvgIpc) is 3.58. The van der Waals surface area contributed by atoms with Crippen molar-refractivity contribution in [3.05, 3.63) is 22.4 Å². The number of hydrogen-bond donors (Lipinski definition) is 1. The van der Waals surface area contributed by atoms with Gasteiger partial charge in [0.05, 0.1) is 23.3 Å². The van der Waals surface area contributed by atoms with Crippen LogP contribution < -0.4 is 5.32 Å². The Labute approximate surface area is 203 Å². The number of hydrogen-bond acceptors (Lipinski definition) is 5. The summed E-state index contributed by atoms with van der Waals surface area (Å²) in [6, 6.07) is -0.207. The maximum atomic E-state index is 15.4. The monoisotopic (exact) mass is 491 g/mol. The number of likely N-dealkylation sites (tertiary alicyclic amines) is 1. The van der Waals surface area contributed by atoms with Crippen LogP contribution in [0.2, 0.25) is 5.15 Å². The number of carbonyl (C=O) groups is 2. The molecule has 2 aromatic heterocycles. The summed E-state index contributed by atoms with van der Waals surface area (Å²) < 4.78 is 22.6. The van der Waals surface area contributed by atoms with Crippen LogP contribution in [0, 0.1) is 23.6 Å². The third-order valence-electron chi connectivity index (χ3n) is 7.16. The maximum absolute atomic E-state index is 15.4. The Morgan fingerprint density at radius 3 is 2.44 bits per heavy atom. The van der Waals surface area contributed by atoms with E-state index < -0.39 is 11.4 Å². The molecule has 0 bridgehead atoms. The number of nitrogens with one attached hydrogen (secondary N) is 1. The number of ether oxygens (including phenoxy) is 1. The van der Waals surface area contributed by atoms with Crippen molar-refractivity contribution in [2.24, 2.45) is 17.8 Å². The van der Waals surface area contributed by atoms with Crippen molar-refractivity contribution in [1.82, 2.24) is 25.0 Å². The Hall–Kier alpha value is -2.42. The number of pyridine rings is 1. The van der Waals surface area contributed by atoms with Crippen LogP contribution in [0.5, 0.6) is 0 Å². The molecule has 0 radical (unpaired) electrons. The van der Waals surface area contributed by atoms with Crippen molar-refractivity contribution in [3.8, 4) is 0 Å². The molecule has 3 aliphatic rings. The lowest BCUT2D eigenvalue weighted by molar-refractivity contribution is -0.122. The van der Waals surface area contributed by atoms with E-state index in [0.29, 0.717) is 36.1 Å². The van der Waals surface area contributed by atoms with Crippen LogP contribution in [0.15, 0.2) is 0 Å². The smallest absolute Gasteiger partial charge is 0.410 e. The van der Waals surface area contributed by atoms with E-state index in [2.05, 4.69) is 10.3 Å². The fourth-order valence-corrected chi connectivity index (χ4v) is 5.62. The van der Waals surface area contributed by atoms with Gasteiger partial charge in [-0.25, -0.2) is 14.2 Å². The van der Waals surface area contributed by atoms with Gasteiger partial charge in [0.2, 0.25) is 5.91 Å². The van der Waals surface area contributed by atoms with Crippen LogP contribution in [-0.4, -0.2) is 57.4 Å². The highest BCUT2D eigenvalue weighted by Gasteiger charge is 2.60. The second-order valence-corrected chi connectivity index (χ2v) is 11.4. The molecule has 1 aliphatic heterocycles. The molecule has 2 saturated carbocycles. The van der Waals surface area contributed by atoms with E-state index in [0.717, 1.165) is 5.69 Å². The quantitative estimate of drug-likeness (QED) is 0.646. The van der Waals surface area contributed by atoms with Gasteiger partial charge in [-0.15, -0.1) is 0 Å². The number of aromatic nitrogens is 3. The molecule has 184 valence electrons. The van der Waals surface area contributed by atoms with E-state index in [1.165, 1.54) is 0 Å². The molecular formula is C24H31ClFN5O3. The first kappa shape index (κ1) is 23.3. The van der Waals surface area contributed by atoms with Gasteiger partial charge in [0.1, 0.15) is 11.1 Å². The van der Waals surface area contributed by atoms with Crippen molar-refractivity contribution in [2.75, 3.05) is 20.1 Å². The minimum absolute atomic E-state index is 0.0165.